The largest absolute Gasteiger partial charge is 0.544 e. The molecule has 8 heteroatoms. The number of carbonyl (C=O) groups excluding carboxylic acids is 3. The van der Waals surface area contributed by atoms with Gasteiger partial charge in [0.2, 0.25) is 0 Å². The van der Waals surface area contributed by atoms with E-state index in [0.717, 1.165) is 51.4 Å². The maximum absolute atomic E-state index is 12.7. The van der Waals surface area contributed by atoms with Crippen LogP contribution in [0.1, 0.15) is 194 Å². The first-order chi connectivity index (χ1) is 25.6. The number of hydrogen-bond acceptors (Lipinski definition) is 7. The van der Waals surface area contributed by atoms with Crippen LogP contribution < -0.4 is 5.11 Å². The summed E-state index contributed by atoms with van der Waals surface area (Å²) in [6.07, 6.45) is 39.1. The Morgan fingerprint density at radius 1 is 0.547 bits per heavy atom. The van der Waals surface area contributed by atoms with Crippen molar-refractivity contribution >= 4 is 17.9 Å². The average molecular weight is 750 g/mol. The van der Waals surface area contributed by atoms with Gasteiger partial charge >= 0.3 is 11.9 Å². The standard InChI is InChI=1S/C45H83NO7/c1-6-8-10-12-14-16-18-20-22-24-26-28-30-32-34-36-44(48)53-41(39-51-38-37-42(45(49)50)46(3,4)5)40-52-43(47)35-33-31-29-27-25-23-21-19-17-15-13-11-9-7-2/h16,18,23,25,41-42H,6-15,17,19-22,24,26-40H2,1-5H3/b18-16+,25-23+. The number of nitrogens with zero attached hydrogens (tertiary/aromatic N) is 1. The highest BCUT2D eigenvalue weighted by Gasteiger charge is 2.25. The van der Waals surface area contributed by atoms with Gasteiger partial charge in [-0.3, -0.25) is 9.59 Å². The summed E-state index contributed by atoms with van der Waals surface area (Å²) in [6.45, 7) is 4.63. The number of likely N-dealkylation sites (N-methyl/N-ethyl adjacent to an activating group) is 1. The highest BCUT2D eigenvalue weighted by atomic mass is 16.6. The monoisotopic (exact) mass is 750 g/mol. The maximum atomic E-state index is 12.7. The maximum Gasteiger partial charge on any atom is 0.306 e. The summed E-state index contributed by atoms with van der Waals surface area (Å²) in [4.78, 5) is 36.8. The fraction of sp³-hybridized carbons (Fsp3) is 0.844. The third kappa shape index (κ3) is 35.3. The molecule has 0 saturated carbocycles. The normalized spacial score (nSPS) is 13.2. The third-order valence-corrected chi connectivity index (χ3v) is 9.81. The van der Waals surface area contributed by atoms with Crippen LogP contribution in [0.2, 0.25) is 0 Å². The summed E-state index contributed by atoms with van der Waals surface area (Å²) in [5.74, 6) is -1.76. The number of carbonyl (C=O) groups is 3. The number of allylic oxidation sites excluding steroid dienone is 4. The molecule has 0 aliphatic heterocycles. The first-order valence-corrected chi connectivity index (χ1v) is 21.9. The lowest BCUT2D eigenvalue weighted by Gasteiger charge is -2.34. The van der Waals surface area contributed by atoms with Crippen LogP contribution in [-0.4, -0.2) is 75.5 Å². The number of hydrogen-bond donors (Lipinski definition) is 0. The molecule has 0 bridgehead atoms. The van der Waals surface area contributed by atoms with E-state index in [2.05, 4.69) is 38.2 Å². The van der Waals surface area contributed by atoms with E-state index in [1.54, 1.807) is 21.1 Å². The number of carboxylic acid groups (broad SMARTS) is 1. The van der Waals surface area contributed by atoms with Gasteiger partial charge in [0.25, 0.3) is 0 Å². The van der Waals surface area contributed by atoms with E-state index in [4.69, 9.17) is 14.2 Å². The summed E-state index contributed by atoms with van der Waals surface area (Å²) in [7, 11) is 5.40. The first-order valence-electron chi connectivity index (χ1n) is 21.9. The van der Waals surface area contributed by atoms with Gasteiger partial charge in [-0.15, -0.1) is 0 Å². The zero-order valence-electron chi connectivity index (χ0n) is 35.2. The van der Waals surface area contributed by atoms with E-state index < -0.39 is 18.1 Å². The second-order valence-electron chi connectivity index (χ2n) is 15.9. The number of aliphatic carboxylic acids is 1. The van der Waals surface area contributed by atoms with Crippen LogP contribution in [0.25, 0.3) is 0 Å². The molecular weight excluding hydrogens is 666 g/mol. The Hall–Kier alpha value is -2.19. The molecule has 0 spiro atoms. The molecule has 0 aliphatic carbocycles. The number of carboxylic acids is 1. The first kappa shape index (κ1) is 50.8. The molecular formula is C45H83NO7. The fourth-order valence-corrected chi connectivity index (χ4v) is 6.35. The molecule has 0 N–H and O–H groups in total. The van der Waals surface area contributed by atoms with Gasteiger partial charge in [0.15, 0.2) is 6.10 Å². The van der Waals surface area contributed by atoms with E-state index in [-0.39, 0.29) is 42.7 Å². The Morgan fingerprint density at radius 3 is 1.40 bits per heavy atom. The molecule has 0 aromatic carbocycles. The third-order valence-electron chi connectivity index (χ3n) is 9.81. The van der Waals surface area contributed by atoms with Crippen LogP contribution in [0.3, 0.4) is 0 Å². The van der Waals surface area contributed by atoms with Crippen molar-refractivity contribution in [2.75, 3.05) is 41.0 Å². The predicted octanol–water partition coefficient (Wildman–Crippen LogP) is 10.4. The molecule has 8 nitrogen and oxygen atoms in total. The van der Waals surface area contributed by atoms with E-state index in [1.807, 2.05) is 0 Å². The minimum atomic E-state index is -1.13. The summed E-state index contributed by atoms with van der Waals surface area (Å²) in [5, 5.41) is 11.6. The molecule has 2 atom stereocenters. The molecule has 0 saturated heterocycles. The lowest BCUT2D eigenvalue weighted by Crippen LogP contribution is -2.55. The van der Waals surface area contributed by atoms with Crippen molar-refractivity contribution < 1.29 is 38.2 Å². The number of ether oxygens (including phenoxy) is 3. The summed E-state index contributed by atoms with van der Waals surface area (Å²) >= 11 is 0. The van der Waals surface area contributed by atoms with E-state index >= 15 is 0 Å². The Kier molecular flexibility index (Phi) is 35.2. The minimum Gasteiger partial charge on any atom is -0.544 e. The van der Waals surface area contributed by atoms with Crippen LogP contribution in [0.5, 0.6) is 0 Å². The summed E-state index contributed by atoms with van der Waals surface area (Å²) < 4.78 is 17.1. The van der Waals surface area contributed by atoms with Crippen molar-refractivity contribution in [1.29, 1.82) is 0 Å². The van der Waals surface area contributed by atoms with Crippen LogP contribution in [0, 0.1) is 0 Å². The van der Waals surface area contributed by atoms with Gasteiger partial charge in [-0.05, 0) is 64.2 Å². The van der Waals surface area contributed by atoms with Crippen molar-refractivity contribution in [3.63, 3.8) is 0 Å². The Balaban J connectivity index is 4.37. The molecule has 0 aliphatic rings. The smallest absolute Gasteiger partial charge is 0.306 e. The van der Waals surface area contributed by atoms with E-state index in [1.165, 1.54) is 109 Å². The quantitative estimate of drug-likeness (QED) is 0.0267. The predicted molar refractivity (Wildman–Crippen MR) is 217 cm³/mol. The van der Waals surface area contributed by atoms with Crippen molar-refractivity contribution in [2.45, 2.75) is 206 Å². The molecule has 0 fully saturated rings. The van der Waals surface area contributed by atoms with Gasteiger partial charge in [0, 0.05) is 19.3 Å². The fourth-order valence-electron chi connectivity index (χ4n) is 6.35. The van der Waals surface area contributed by atoms with Crippen LogP contribution in [0.15, 0.2) is 24.3 Å². The van der Waals surface area contributed by atoms with Crippen LogP contribution in [-0.2, 0) is 28.6 Å². The van der Waals surface area contributed by atoms with Gasteiger partial charge < -0.3 is 28.6 Å². The molecule has 53 heavy (non-hydrogen) atoms. The Morgan fingerprint density at radius 2 is 0.943 bits per heavy atom. The SMILES string of the molecule is CCCCCC/C=C/CCCCCCCCCC(=O)OC(COCCC(C(=O)[O-])[N+](C)(C)C)COC(=O)CCCCC/C=C/CCCCCCCCC. The van der Waals surface area contributed by atoms with Crippen molar-refractivity contribution in [1.82, 2.24) is 0 Å². The van der Waals surface area contributed by atoms with Crippen molar-refractivity contribution in [3.8, 4) is 0 Å². The van der Waals surface area contributed by atoms with Crippen LogP contribution >= 0.6 is 0 Å². The second-order valence-corrected chi connectivity index (χ2v) is 15.9. The van der Waals surface area contributed by atoms with Gasteiger partial charge in [-0.2, -0.15) is 0 Å². The Bertz CT molecular complexity index is 926. The number of unbranched alkanes of at least 4 members (excludes halogenated alkanes) is 21. The highest BCUT2D eigenvalue weighted by Crippen LogP contribution is 2.14. The average Bonchev–Trinajstić information content (AvgIpc) is 3.11. The van der Waals surface area contributed by atoms with Gasteiger partial charge in [-0.25, -0.2) is 0 Å². The Labute approximate surface area is 326 Å². The lowest BCUT2D eigenvalue weighted by atomic mass is 10.1. The second kappa shape index (κ2) is 36.8. The number of rotatable bonds is 39. The molecule has 0 amide bonds. The van der Waals surface area contributed by atoms with Gasteiger partial charge in [-0.1, -0.05) is 134 Å². The molecule has 0 heterocycles. The molecule has 2 unspecified atom stereocenters. The molecule has 0 rings (SSSR count). The summed E-state index contributed by atoms with van der Waals surface area (Å²) in [6, 6.07) is -0.726. The molecule has 0 aromatic rings. The molecule has 310 valence electrons. The number of esters is 2. The van der Waals surface area contributed by atoms with Gasteiger partial charge in [0.05, 0.1) is 40.3 Å². The topological polar surface area (TPSA) is 102 Å². The van der Waals surface area contributed by atoms with Gasteiger partial charge in [0.1, 0.15) is 12.6 Å². The van der Waals surface area contributed by atoms with Crippen molar-refractivity contribution in [3.05, 3.63) is 24.3 Å². The highest BCUT2D eigenvalue weighted by molar-refractivity contribution is 5.70. The zero-order valence-corrected chi connectivity index (χ0v) is 35.2. The van der Waals surface area contributed by atoms with E-state index in [0.29, 0.717) is 12.8 Å². The molecule has 0 radical (unpaired) electrons. The zero-order chi connectivity index (χ0) is 39.3. The lowest BCUT2D eigenvalue weighted by molar-refractivity contribution is -0.889. The molecule has 0 aromatic heterocycles. The van der Waals surface area contributed by atoms with Crippen LogP contribution in [0.4, 0.5) is 0 Å². The number of quaternary nitrogens is 1. The van der Waals surface area contributed by atoms with E-state index in [9.17, 15) is 19.5 Å². The van der Waals surface area contributed by atoms with Crippen molar-refractivity contribution in [2.24, 2.45) is 0 Å². The minimum absolute atomic E-state index is 0.0369. The summed E-state index contributed by atoms with van der Waals surface area (Å²) in [5.41, 5.74) is 0.